The van der Waals surface area contributed by atoms with Crippen molar-refractivity contribution in [3.05, 3.63) is 30.1 Å². The zero-order chi connectivity index (χ0) is 12.7. The van der Waals surface area contributed by atoms with E-state index in [0.29, 0.717) is 6.54 Å². The molecule has 94 valence electrons. The quantitative estimate of drug-likeness (QED) is 0.705. The molecule has 0 saturated carbocycles. The van der Waals surface area contributed by atoms with Crippen molar-refractivity contribution in [3.63, 3.8) is 0 Å². The minimum absolute atomic E-state index is 0.0494. The molecule has 3 rings (SSSR count). The average molecular weight is 244 g/mol. The number of para-hydroxylation sites is 2. The number of carbonyl (C=O) groups is 1. The van der Waals surface area contributed by atoms with Crippen LogP contribution in [0.1, 0.15) is 5.82 Å². The van der Waals surface area contributed by atoms with Gasteiger partial charge in [0.25, 0.3) is 0 Å². The second kappa shape index (κ2) is 4.01. The van der Waals surface area contributed by atoms with Crippen LogP contribution in [-0.2, 0) is 13.1 Å². The Morgan fingerprint density at radius 2 is 2.06 bits per heavy atom. The van der Waals surface area contributed by atoms with Gasteiger partial charge in [0, 0.05) is 27.2 Å². The predicted octanol–water partition coefficient (Wildman–Crippen LogP) is 1.53. The molecular weight excluding hydrogens is 228 g/mol. The lowest BCUT2D eigenvalue weighted by molar-refractivity contribution is 0.157. The van der Waals surface area contributed by atoms with E-state index in [9.17, 15) is 4.79 Å². The average Bonchev–Trinajstić information content (AvgIpc) is 2.75. The maximum atomic E-state index is 11.9. The fraction of sp³-hybridized carbons (Fsp3) is 0.385. The summed E-state index contributed by atoms with van der Waals surface area (Å²) in [5.74, 6) is 0.970. The van der Waals surface area contributed by atoms with Crippen molar-refractivity contribution in [2.24, 2.45) is 0 Å². The van der Waals surface area contributed by atoms with Crippen molar-refractivity contribution in [1.29, 1.82) is 0 Å². The first-order valence-electron chi connectivity index (χ1n) is 6.07. The van der Waals surface area contributed by atoms with E-state index in [0.717, 1.165) is 29.9 Å². The van der Waals surface area contributed by atoms with Crippen LogP contribution in [0.25, 0.3) is 11.0 Å². The summed E-state index contributed by atoms with van der Waals surface area (Å²) in [5.41, 5.74) is 2.16. The number of aromatic nitrogens is 2. The lowest BCUT2D eigenvalue weighted by Gasteiger charge is -2.30. The van der Waals surface area contributed by atoms with E-state index in [-0.39, 0.29) is 6.03 Å². The molecule has 0 fully saturated rings. The monoisotopic (exact) mass is 244 g/mol. The molecule has 1 aliphatic rings. The molecule has 0 unspecified atom stereocenters. The van der Waals surface area contributed by atoms with Crippen LogP contribution in [0, 0.1) is 0 Å². The summed E-state index contributed by atoms with van der Waals surface area (Å²) in [4.78, 5) is 20.0. The molecule has 18 heavy (non-hydrogen) atoms. The first-order chi connectivity index (χ1) is 8.66. The number of nitrogens with zero attached hydrogens (tertiary/aromatic N) is 4. The van der Waals surface area contributed by atoms with Crippen molar-refractivity contribution >= 4 is 17.1 Å². The summed E-state index contributed by atoms with van der Waals surface area (Å²) in [7, 11) is 3.56. The van der Waals surface area contributed by atoms with Crippen molar-refractivity contribution in [1.82, 2.24) is 19.4 Å². The Balaban J connectivity index is 1.96. The molecule has 1 aromatic carbocycles. The summed E-state index contributed by atoms with van der Waals surface area (Å²) >= 11 is 0. The molecule has 1 aromatic heterocycles. The molecule has 2 heterocycles. The highest BCUT2D eigenvalue weighted by molar-refractivity contribution is 5.77. The first-order valence-corrected chi connectivity index (χ1v) is 6.07. The van der Waals surface area contributed by atoms with E-state index in [1.54, 1.807) is 19.0 Å². The summed E-state index contributed by atoms with van der Waals surface area (Å²) < 4.78 is 2.20. The van der Waals surface area contributed by atoms with Gasteiger partial charge >= 0.3 is 6.03 Å². The first kappa shape index (κ1) is 11.1. The Morgan fingerprint density at radius 3 is 2.83 bits per heavy atom. The van der Waals surface area contributed by atoms with Crippen LogP contribution in [0.3, 0.4) is 0 Å². The second-order valence-electron chi connectivity index (χ2n) is 4.77. The van der Waals surface area contributed by atoms with Crippen LogP contribution in [0.2, 0.25) is 0 Å². The molecule has 0 spiro atoms. The Morgan fingerprint density at radius 1 is 1.28 bits per heavy atom. The number of rotatable bonds is 0. The van der Waals surface area contributed by atoms with Crippen molar-refractivity contribution in [2.75, 3.05) is 20.6 Å². The number of hydrogen-bond acceptors (Lipinski definition) is 2. The Kier molecular flexibility index (Phi) is 2.47. The van der Waals surface area contributed by atoms with Crippen molar-refractivity contribution in [3.8, 4) is 0 Å². The van der Waals surface area contributed by atoms with Crippen LogP contribution in [0.4, 0.5) is 4.79 Å². The van der Waals surface area contributed by atoms with Gasteiger partial charge in [-0.05, 0) is 12.1 Å². The van der Waals surface area contributed by atoms with Gasteiger partial charge in [-0.25, -0.2) is 9.78 Å². The fourth-order valence-corrected chi connectivity index (χ4v) is 2.41. The molecule has 5 heteroatoms. The molecule has 0 atom stereocenters. The molecular formula is C13H16N4O. The number of benzene rings is 1. The summed E-state index contributed by atoms with van der Waals surface area (Å²) in [6.45, 7) is 2.14. The topological polar surface area (TPSA) is 41.4 Å². The maximum absolute atomic E-state index is 11.9. The number of hydrogen-bond donors (Lipinski definition) is 0. The third-order valence-electron chi connectivity index (χ3n) is 3.31. The molecule has 2 aromatic rings. The van der Waals surface area contributed by atoms with Crippen LogP contribution < -0.4 is 0 Å². The van der Waals surface area contributed by atoms with Gasteiger partial charge in [-0.2, -0.15) is 0 Å². The van der Waals surface area contributed by atoms with E-state index in [1.165, 1.54) is 0 Å². The normalized spacial score (nSPS) is 14.7. The molecule has 2 amide bonds. The third-order valence-corrected chi connectivity index (χ3v) is 3.31. The van der Waals surface area contributed by atoms with Gasteiger partial charge in [-0.3, -0.25) is 0 Å². The van der Waals surface area contributed by atoms with Gasteiger partial charge in [0.2, 0.25) is 0 Å². The second-order valence-corrected chi connectivity index (χ2v) is 4.77. The summed E-state index contributed by atoms with van der Waals surface area (Å²) in [6, 6.07) is 8.15. The van der Waals surface area contributed by atoms with Crippen molar-refractivity contribution < 1.29 is 4.79 Å². The highest BCUT2D eigenvalue weighted by Gasteiger charge is 2.24. The van der Waals surface area contributed by atoms with E-state index in [1.807, 2.05) is 23.1 Å². The SMILES string of the molecule is CN(C)C(=O)N1CCn2c(nc3ccccc32)C1. The molecule has 0 radical (unpaired) electrons. The van der Waals surface area contributed by atoms with Crippen LogP contribution in [0.5, 0.6) is 0 Å². The third kappa shape index (κ3) is 1.63. The zero-order valence-electron chi connectivity index (χ0n) is 10.6. The number of carbonyl (C=O) groups excluding carboxylic acids is 1. The van der Waals surface area contributed by atoms with Crippen LogP contribution in [0.15, 0.2) is 24.3 Å². The van der Waals surface area contributed by atoms with Crippen LogP contribution in [-0.4, -0.2) is 46.0 Å². The number of urea groups is 1. The zero-order valence-corrected chi connectivity index (χ0v) is 10.6. The Hall–Kier alpha value is -2.04. The minimum Gasteiger partial charge on any atom is -0.331 e. The Labute approximate surface area is 106 Å². The Bertz CT molecular complexity index is 602. The van der Waals surface area contributed by atoms with Gasteiger partial charge in [-0.15, -0.1) is 0 Å². The van der Waals surface area contributed by atoms with E-state index >= 15 is 0 Å². The van der Waals surface area contributed by atoms with E-state index in [2.05, 4.69) is 15.6 Å². The number of imidazole rings is 1. The maximum Gasteiger partial charge on any atom is 0.319 e. The molecule has 5 nitrogen and oxygen atoms in total. The summed E-state index contributed by atoms with van der Waals surface area (Å²) in [6.07, 6.45) is 0. The summed E-state index contributed by atoms with van der Waals surface area (Å²) in [5, 5.41) is 0. The van der Waals surface area contributed by atoms with E-state index < -0.39 is 0 Å². The number of amides is 2. The lowest BCUT2D eigenvalue weighted by Crippen LogP contribution is -2.43. The predicted molar refractivity (Wildman–Crippen MR) is 69.2 cm³/mol. The van der Waals surface area contributed by atoms with Crippen LogP contribution >= 0.6 is 0 Å². The van der Waals surface area contributed by atoms with Gasteiger partial charge in [0.1, 0.15) is 5.82 Å². The molecule has 1 aliphatic heterocycles. The van der Waals surface area contributed by atoms with Gasteiger partial charge in [-0.1, -0.05) is 12.1 Å². The molecule has 0 bridgehead atoms. The van der Waals surface area contributed by atoms with Gasteiger partial charge in [0.05, 0.1) is 17.6 Å². The van der Waals surface area contributed by atoms with Gasteiger partial charge < -0.3 is 14.4 Å². The molecule has 0 N–H and O–H groups in total. The van der Waals surface area contributed by atoms with Gasteiger partial charge in [0.15, 0.2) is 0 Å². The highest BCUT2D eigenvalue weighted by atomic mass is 16.2. The number of fused-ring (bicyclic) bond motifs is 3. The smallest absolute Gasteiger partial charge is 0.319 e. The fourth-order valence-electron chi connectivity index (χ4n) is 2.41. The standard InChI is InChI=1S/C13H16N4O/c1-15(2)13(18)16-7-8-17-11-6-4-3-5-10(11)14-12(17)9-16/h3-6H,7-9H2,1-2H3. The largest absolute Gasteiger partial charge is 0.331 e. The lowest BCUT2D eigenvalue weighted by atomic mass is 10.3. The highest BCUT2D eigenvalue weighted by Crippen LogP contribution is 2.20. The molecule has 0 aliphatic carbocycles. The molecule has 0 saturated heterocycles. The minimum atomic E-state index is 0.0494. The van der Waals surface area contributed by atoms with Crippen molar-refractivity contribution in [2.45, 2.75) is 13.1 Å². The van der Waals surface area contributed by atoms with E-state index in [4.69, 9.17) is 0 Å².